The molecule has 0 atom stereocenters. The van der Waals surface area contributed by atoms with E-state index in [-0.39, 0.29) is 65.8 Å². The number of pyridine rings is 2. The average Bonchev–Trinajstić information content (AvgIpc) is 3.30. The number of carboxylic acids is 2. The average molecular weight is 916 g/mol. The minimum atomic E-state index is -1.07. The molecule has 6 aromatic carbocycles. The normalized spacial score (nSPS) is 10.1. The summed E-state index contributed by atoms with van der Waals surface area (Å²) in [6, 6.07) is 44.1. The molecule has 0 unspecified atom stereocenters. The summed E-state index contributed by atoms with van der Waals surface area (Å²) < 4.78 is 10.4. The van der Waals surface area contributed by atoms with Crippen LogP contribution in [-0.2, 0) is 9.47 Å². The molecule has 13 nitrogen and oxygen atoms in total. The van der Waals surface area contributed by atoms with E-state index >= 15 is 0 Å². The Bertz CT molecular complexity index is 2750. The van der Waals surface area contributed by atoms with Crippen molar-refractivity contribution in [3.63, 3.8) is 0 Å². The maximum Gasteiger partial charge on any atom is 0.341 e. The van der Waals surface area contributed by atoms with E-state index in [1.54, 1.807) is 50.2 Å². The summed E-state index contributed by atoms with van der Waals surface area (Å²) in [6.07, 6.45) is 2.94. The molecule has 0 radical (unpaired) electrons. The fourth-order valence-corrected chi connectivity index (χ4v) is 6.97. The Morgan fingerprint density at radius 2 is 0.831 bits per heavy atom. The van der Waals surface area contributed by atoms with Crippen LogP contribution in [0.5, 0.6) is 0 Å². The van der Waals surface area contributed by atoms with Crippen molar-refractivity contribution in [2.24, 2.45) is 0 Å². The summed E-state index contributed by atoms with van der Waals surface area (Å²) in [5, 5.41) is 26.8. The number of anilines is 4. The second kappa shape index (κ2) is 23.0. The largest absolute Gasteiger partial charge is 0.478 e. The number of nitrogens with zero attached hydrogens (tertiary/aromatic N) is 2. The number of carbonyl (C=O) groups is 4. The first-order chi connectivity index (χ1) is 30.2. The second-order valence-electron chi connectivity index (χ2n) is 13.6. The quantitative estimate of drug-likeness (QED) is 0.0844. The third-order valence-electron chi connectivity index (χ3n) is 9.79. The van der Waals surface area contributed by atoms with Crippen LogP contribution in [0.25, 0.3) is 44.1 Å². The molecular formula is C50H44Cl2N4O9. The molecule has 65 heavy (non-hydrogen) atoms. The number of esters is 2. The number of nitrogens with one attached hydrogen (secondary N) is 2. The molecule has 2 aromatic heterocycles. The van der Waals surface area contributed by atoms with Crippen molar-refractivity contribution in [2.45, 2.75) is 13.8 Å². The zero-order chi connectivity index (χ0) is 43.6. The zero-order valence-electron chi connectivity index (χ0n) is 35.0. The van der Waals surface area contributed by atoms with E-state index in [1.165, 1.54) is 24.5 Å². The number of ether oxygens (including phenoxy) is 2. The van der Waals surface area contributed by atoms with E-state index in [0.29, 0.717) is 44.6 Å². The highest BCUT2D eigenvalue weighted by Gasteiger charge is 2.22. The zero-order valence-corrected chi connectivity index (χ0v) is 36.6. The molecule has 6 N–H and O–H groups in total. The smallest absolute Gasteiger partial charge is 0.341 e. The van der Waals surface area contributed by atoms with Gasteiger partial charge in [0, 0.05) is 34.3 Å². The van der Waals surface area contributed by atoms with E-state index in [0.717, 1.165) is 22.3 Å². The standard InChI is InChI=1S/2C25H20N2O4.2ClH.H2O/c2*1-2-31-25(30)20-15-26-22-17(16-9-4-3-5-10-16)12-8-13-19(22)23(20)27-21-14-7-6-11-18(21)24(28)29;;;/h2*3-15H,2H2,1H3,(H,26,27)(H,28,29);2*1H;1H2. The Morgan fingerprint density at radius 3 is 1.18 bits per heavy atom. The molecule has 8 aromatic rings. The summed E-state index contributed by atoms with van der Waals surface area (Å²) in [5.74, 6) is -3.19. The fraction of sp³-hybridized carbons (Fsp3) is 0.0800. The molecule has 0 amide bonds. The number of aromatic nitrogens is 2. The van der Waals surface area contributed by atoms with Gasteiger partial charge in [0.1, 0.15) is 11.1 Å². The Labute approximate surface area is 386 Å². The number of fused-ring (bicyclic) bond motifs is 2. The first kappa shape index (κ1) is 49.8. The number of carboxylic acid groups (broad SMARTS) is 2. The predicted octanol–water partition coefficient (Wildman–Crippen LogP) is 11.1. The van der Waals surface area contributed by atoms with Crippen molar-refractivity contribution in [1.29, 1.82) is 0 Å². The van der Waals surface area contributed by atoms with Crippen LogP contribution in [0, 0.1) is 0 Å². The highest BCUT2D eigenvalue weighted by atomic mass is 35.5. The lowest BCUT2D eigenvalue weighted by molar-refractivity contribution is 0.0517. The molecule has 0 fully saturated rings. The van der Waals surface area contributed by atoms with Gasteiger partial charge in [-0.05, 0) is 49.2 Å². The van der Waals surface area contributed by atoms with E-state index in [2.05, 4.69) is 20.6 Å². The number of benzene rings is 6. The van der Waals surface area contributed by atoms with Crippen LogP contribution >= 0.6 is 24.8 Å². The molecular weight excluding hydrogens is 871 g/mol. The number of rotatable bonds is 12. The molecule has 2 heterocycles. The number of carbonyl (C=O) groups excluding carboxylic acids is 2. The van der Waals surface area contributed by atoms with Gasteiger partial charge in [-0.25, -0.2) is 19.2 Å². The van der Waals surface area contributed by atoms with Crippen molar-refractivity contribution in [3.8, 4) is 22.3 Å². The van der Waals surface area contributed by atoms with Gasteiger partial charge >= 0.3 is 23.9 Å². The van der Waals surface area contributed by atoms with Gasteiger partial charge in [0.05, 0.1) is 58.1 Å². The third-order valence-corrected chi connectivity index (χ3v) is 9.79. The van der Waals surface area contributed by atoms with Gasteiger partial charge in [0.25, 0.3) is 0 Å². The van der Waals surface area contributed by atoms with Gasteiger partial charge in [-0.3, -0.25) is 9.97 Å². The Kier molecular flexibility index (Phi) is 17.6. The lowest BCUT2D eigenvalue weighted by Crippen LogP contribution is -2.11. The topological polar surface area (TPSA) is 209 Å². The van der Waals surface area contributed by atoms with Crippen LogP contribution in [0.1, 0.15) is 55.3 Å². The van der Waals surface area contributed by atoms with Crippen molar-refractivity contribution < 1.29 is 44.3 Å². The van der Waals surface area contributed by atoms with Crippen LogP contribution in [0.4, 0.5) is 22.7 Å². The number of halogens is 2. The predicted molar refractivity (Wildman–Crippen MR) is 258 cm³/mol. The van der Waals surface area contributed by atoms with E-state index in [9.17, 15) is 29.4 Å². The van der Waals surface area contributed by atoms with E-state index < -0.39 is 23.9 Å². The lowest BCUT2D eigenvalue weighted by Gasteiger charge is -2.17. The SMILES string of the molecule is CCOC(=O)c1cnc2c(-c3ccccc3)cccc2c1Nc1ccccc1C(=O)O.CCOC(=O)c1cnc2c(-c3ccccc3)cccc2c1Nc1ccccc1C(=O)O.Cl.Cl.O. The number of aromatic carboxylic acids is 2. The maximum atomic E-state index is 12.7. The molecule has 0 spiro atoms. The molecule has 0 aliphatic carbocycles. The number of hydrogen-bond donors (Lipinski definition) is 4. The first-order valence-corrected chi connectivity index (χ1v) is 19.7. The van der Waals surface area contributed by atoms with Crippen molar-refractivity contribution in [3.05, 3.63) is 180 Å². The summed E-state index contributed by atoms with van der Waals surface area (Å²) in [6.45, 7) is 3.89. The fourth-order valence-electron chi connectivity index (χ4n) is 6.97. The Morgan fingerprint density at radius 1 is 0.477 bits per heavy atom. The lowest BCUT2D eigenvalue weighted by atomic mass is 9.99. The van der Waals surface area contributed by atoms with Crippen LogP contribution < -0.4 is 10.6 Å². The third kappa shape index (κ3) is 11.0. The molecule has 8 rings (SSSR count). The minimum Gasteiger partial charge on any atom is -0.478 e. The molecule has 0 aliphatic heterocycles. The summed E-state index contributed by atoms with van der Waals surface area (Å²) >= 11 is 0. The summed E-state index contributed by atoms with van der Waals surface area (Å²) in [4.78, 5) is 57.8. The number of para-hydroxylation sites is 4. The van der Waals surface area contributed by atoms with Crippen LogP contribution in [0.3, 0.4) is 0 Å². The van der Waals surface area contributed by atoms with Crippen molar-refractivity contribution in [1.82, 2.24) is 9.97 Å². The highest BCUT2D eigenvalue weighted by molar-refractivity contribution is 6.11. The molecule has 0 saturated heterocycles. The summed E-state index contributed by atoms with van der Waals surface area (Å²) in [5.41, 5.74) is 7.49. The monoisotopic (exact) mass is 914 g/mol. The van der Waals surface area contributed by atoms with Gasteiger partial charge in [-0.1, -0.05) is 121 Å². The second-order valence-corrected chi connectivity index (χ2v) is 13.6. The maximum absolute atomic E-state index is 12.7. The van der Waals surface area contributed by atoms with Gasteiger partial charge in [-0.15, -0.1) is 24.8 Å². The molecule has 0 saturated carbocycles. The summed E-state index contributed by atoms with van der Waals surface area (Å²) in [7, 11) is 0. The Hall–Kier alpha value is -7.84. The first-order valence-electron chi connectivity index (χ1n) is 19.7. The Balaban J connectivity index is 0.000000272. The van der Waals surface area contributed by atoms with Crippen LogP contribution in [-0.4, -0.2) is 62.7 Å². The van der Waals surface area contributed by atoms with Crippen molar-refractivity contribution in [2.75, 3.05) is 23.8 Å². The van der Waals surface area contributed by atoms with E-state index in [4.69, 9.17) is 9.47 Å². The molecule has 0 aliphatic rings. The number of hydrogen-bond acceptors (Lipinski definition) is 10. The highest BCUT2D eigenvalue weighted by Crippen LogP contribution is 2.37. The van der Waals surface area contributed by atoms with Crippen LogP contribution in [0.15, 0.2) is 158 Å². The van der Waals surface area contributed by atoms with Gasteiger partial charge in [0.15, 0.2) is 0 Å². The van der Waals surface area contributed by atoms with Crippen LogP contribution in [0.2, 0.25) is 0 Å². The minimum absolute atomic E-state index is 0. The molecule has 332 valence electrons. The molecule has 15 heteroatoms. The molecule has 0 bridgehead atoms. The van der Waals surface area contributed by atoms with E-state index in [1.807, 2.05) is 97.1 Å². The van der Waals surface area contributed by atoms with Crippen molar-refractivity contribution >= 4 is 93.2 Å². The van der Waals surface area contributed by atoms with Gasteiger partial charge < -0.3 is 35.8 Å². The van der Waals surface area contributed by atoms with Gasteiger partial charge in [0.2, 0.25) is 0 Å². The van der Waals surface area contributed by atoms with Gasteiger partial charge in [-0.2, -0.15) is 0 Å².